The molecule has 0 bridgehead atoms. The first kappa shape index (κ1) is 25.9. The Morgan fingerprint density at radius 2 is 1.97 bits per heavy atom. The second-order valence-electron chi connectivity index (χ2n) is 8.14. The van der Waals surface area contributed by atoms with E-state index in [4.69, 9.17) is 4.99 Å². The van der Waals surface area contributed by atoms with Gasteiger partial charge in [0.15, 0.2) is 5.96 Å². The highest BCUT2D eigenvalue weighted by atomic mass is 127. The topological polar surface area (TPSA) is 72.9 Å². The van der Waals surface area contributed by atoms with Crippen LogP contribution in [-0.4, -0.2) is 62.0 Å². The number of anilines is 1. The summed E-state index contributed by atoms with van der Waals surface area (Å²) in [5.74, 6) is 2.25. The zero-order chi connectivity index (χ0) is 22.1. The van der Waals surface area contributed by atoms with Gasteiger partial charge in [-0.1, -0.05) is 30.3 Å². The van der Waals surface area contributed by atoms with Gasteiger partial charge >= 0.3 is 0 Å². The minimum absolute atomic E-state index is 0. The normalized spacial score (nSPS) is 16.0. The molecule has 1 aliphatic heterocycles. The van der Waals surface area contributed by atoms with Gasteiger partial charge in [-0.15, -0.1) is 24.0 Å². The number of benzene rings is 1. The first-order valence-electron chi connectivity index (χ1n) is 11.0. The Bertz CT molecular complexity index is 874. The number of hydrogen-bond acceptors (Lipinski definition) is 4. The average molecular weight is 550 g/mol. The maximum Gasteiger partial charge on any atom is 0.223 e. The number of guanidine groups is 1. The van der Waals surface area contributed by atoms with E-state index in [1.54, 1.807) is 0 Å². The third-order valence-electron chi connectivity index (χ3n) is 5.40. The van der Waals surface area contributed by atoms with Gasteiger partial charge in [-0.25, -0.2) is 9.98 Å². The largest absolute Gasteiger partial charge is 0.363 e. The fourth-order valence-electron chi connectivity index (χ4n) is 3.67. The summed E-state index contributed by atoms with van der Waals surface area (Å²) in [7, 11) is 3.96. The number of carbonyl (C=O) groups is 1. The second kappa shape index (κ2) is 13.2. The minimum atomic E-state index is 0. The lowest BCUT2D eigenvalue weighted by molar-refractivity contribution is -0.127. The van der Waals surface area contributed by atoms with Crippen molar-refractivity contribution in [1.82, 2.24) is 20.5 Å². The molecule has 1 unspecified atom stereocenters. The van der Waals surface area contributed by atoms with Gasteiger partial charge in [-0.2, -0.15) is 0 Å². The molecule has 7 nitrogen and oxygen atoms in total. The number of aliphatic imine (C=N–C) groups is 1. The highest BCUT2D eigenvalue weighted by Crippen LogP contribution is 2.17. The molecule has 0 spiro atoms. The zero-order valence-electron chi connectivity index (χ0n) is 19.3. The van der Waals surface area contributed by atoms with E-state index in [-0.39, 0.29) is 29.9 Å². The highest BCUT2D eigenvalue weighted by Gasteiger charge is 2.29. The van der Waals surface area contributed by atoms with Crippen LogP contribution in [0.25, 0.3) is 0 Å². The molecule has 2 heterocycles. The van der Waals surface area contributed by atoms with Crippen LogP contribution in [0.1, 0.15) is 24.5 Å². The number of likely N-dealkylation sites (tertiary alicyclic amines) is 1. The van der Waals surface area contributed by atoms with Gasteiger partial charge in [0.1, 0.15) is 5.82 Å². The van der Waals surface area contributed by atoms with Crippen molar-refractivity contribution in [2.75, 3.05) is 45.2 Å². The van der Waals surface area contributed by atoms with Crippen molar-refractivity contribution in [3.8, 4) is 0 Å². The summed E-state index contributed by atoms with van der Waals surface area (Å²) in [5, 5.41) is 6.72. The monoisotopic (exact) mass is 550 g/mol. The predicted molar refractivity (Wildman–Crippen MR) is 142 cm³/mol. The van der Waals surface area contributed by atoms with E-state index in [1.807, 2.05) is 60.4 Å². The minimum Gasteiger partial charge on any atom is -0.363 e. The predicted octanol–water partition coefficient (Wildman–Crippen LogP) is 2.91. The van der Waals surface area contributed by atoms with Crippen molar-refractivity contribution in [1.29, 1.82) is 0 Å². The Morgan fingerprint density at radius 3 is 2.69 bits per heavy atom. The molecule has 1 amide bonds. The lowest BCUT2D eigenvalue weighted by Gasteiger charge is -2.18. The number of rotatable bonds is 9. The summed E-state index contributed by atoms with van der Waals surface area (Å²) in [4.78, 5) is 25.4. The molecule has 1 aromatic carbocycles. The maximum absolute atomic E-state index is 12.4. The molecule has 2 N–H and O–H groups in total. The standard InChI is InChI=1S/C24H34N6O.HI/c1-4-25-24(27-16-20-10-12-26-22(14-20)29(2)3)28-17-21-15-23(31)30(18-21)13-11-19-8-6-5-7-9-19;/h5-10,12,14,21H,4,11,13,15-18H2,1-3H3,(H2,25,27,28);1H. The number of pyridine rings is 1. The quantitative estimate of drug-likeness (QED) is 0.286. The van der Waals surface area contributed by atoms with Gasteiger partial charge in [-0.05, 0) is 36.6 Å². The summed E-state index contributed by atoms with van der Waals surface area (Å²) in [6.45, 7) is 5.73. The molecule has 0 aliphatic carbocycles. The molecule has 1 fully saturated rings. The number of nitrogens with one attached hydrogen (secondary N) is 2. The molecule has 1 aromatic heterocycles. The molecule has 8 heteroatoms. The molecule has 1 aliphatic rings. The lowest BCUT2D eigenvalue weighted by atomic mass is 10.1. The first-order valence-corrected chi connectivity index (χ1v) is 11.0. The Balaban J connectivity index is 0.00000363. The smallest absolute Gasteiger partial charge is 0.223 e. The maximum atomic E-state index is 12.4. The van der Waals surface area contributed by atoms with Crippen molar-refractivity contribution in [2.24, 2.45) is 10.9 Å². The lowest BCUT2D eigenvalue weighted by Crippen LogP contribution is -2.40. The molecular weight excluding hydrogens is 515 g/mol. The zero-order valence-corrected chi connectivity index (χ0v) is 21.6. The number of nitrogens with zero attached hydrogens (tertiary/aromatic N) is 4. The van der Waals surface area contributed by atoms with Gasteiger partial charge in [0, 0.05) is 58.8 Å². The van der Waals surface area contributed by atoms with Crippen LogP contribution >= 0.6 is 24.0 Å². The number of hydrogen-bond donors (Lipinski definition) is 2. The van der Waals surface area contributed by atoms with E-state index in [9.17, 15) is 4.79 Å². The van der Waals surface area contributed by atoms with Crippen molar-refractivity contribution in [3.05, 3.63) is 59.8 Å². The number of carbonyl (C=O) groups excluding carboxylic acids is 1. The molecule has 2 aromatic rings. The van der Waals surface area contributed by atoms with Gasteiger partial charge in [-0.3, -0.25) is 4.79 Å². The Kier molecular flexibility index (Phi) is 10.7. The van der Waals surface area contributed by atoms with Crippen LogP contribution in [0.15, 0.2) is 53.7 Å². The van der Waals surface area contributed by atoms with Crippen LogP contribution < -0.4 is 15.5 Å². The van der Waals surface area contributed by atoms with E-state index in [2.05, 4.69) is 34.7 Å². The molecule has 32 heavy (non-hydrogen) atoms. The van der Waals surface area contributed by atoms with Crippen molar-refractivity contribution in [3.63, 3.8) is 0 Å². The second-order valence-corrected chi connectivity index (χ2v) is 8.14. The molecule has 0 radical (unpaired) electrons. The average Bonchev–Trinajstić information content (AvgIpc) is 3.14. The van der Waals surface area contributed by atoms with E-state index >= 15 is 0 Å². The fourth-order valence-corrected chi connectivity index (χ4v) is 3.67. The fraction of sp³-hybridized carbons (Fsp3) is 0.458. The first-order chi connectivity index (χ1) is 15.0. The highest BCUT2D eigenvalue weighted by molar-refractivity contribution is 14.0. The van der Waals surface area contributed by atoms with E-state index in [0.29, 0.717) is 18.9 Å². The van der Waals surface area contributed by atoms with Crippen LogP contribution in [0.4, 0.5) is 5.82 Å². The third kappa shape index (κ3) is 7.96. The Morgan fingerprint density at radius 1 is 1.19 bits per heavy atom. The van der Waals surface area contributed by atoms with Gasteiger partial charge in [0.05, 0.1) is 6.54 Å². The summed E-state index contributed by atoms with van der Waals surface area (Å²) < 4.78 is 0. The van der Waals surface area contributed by atoms with Crippen LogP contribution in [0.5, 0.6) is 0 Å². The molecule has 1 atom stereocenters. The number of halogens is 1. The van der Waals surface area contributed by atoms with Gasteiger partial charge in [0.25, 0.3) is 0 Å². The van der Waals surface area contributed by atoms with Crippen LogP contribution in [0.2, 0.25) is 0 Å². The molecule has 174 valence electrons. The number of aromatic nitrogens is 1. The summed E-state index contributed by atoms with van der Waals surface area (Å²) in [6, 6.07) is 14.4. The molecule has 3 rings (SSSR count). The van der Waals surface area contributed by atoms with Crippen LogP contribution in [0.3, 0.4) is 0 Å². The summed E-state index contributed by atoms with van der Waals surface area (Å²) in [6.07, 6.45) is 3.31. The molecule has 1 saturated heterocycles. The Hall–Kier alpha value is -2.36. The number of amides is 1. The summed E-state index contributed by atoms with van der Waals surface area (Å²) >= 11 is 0. The third-order valence-corrected chi connectivity index (χ3v) is 5.40. The SMILES string of the molecule is CCNC(=NCc1ccnc(N(C)C)c1)NCC1CC(=O)N(CCc2ccccc2)C1.I. The van der Waals surface area contributed by atoms with E-state index < -0.39 is 0 Å². The summed E-state index contributed by atoms with van der Waals surface area (Å²) in [5.41, 5.74) is 2.38. The van der Waals surface area contributed by atoms with E-state index in [1.165, 1.54) is 5.56 Å². The van der Waals surface area contributed by atoms with Crippen molar-refractivity contribution >= 4 is 41.7 Å². The molecule has 0 saturated carbocycles. The van der Waals surface area contributed by atoms with Crippen molar-refractivity contribution in [2.45, 2.75) is 26.3 Å². The van der Waals surface area contributed by atoms with E-state index in [0.717, 1.165) is 49.9 Å². The van der Waals surface area contributed by atoms with Crippen LogP contribution in [0, 0.1) is 5.92 Å². The van der Waals surface area contributed by atoms with Gasteiger partial charge in [0.2, 0.25) is 5.91 Å². The van der Waals surface area contributed by atoms with Crippen LogP contribution in [-0.2, 0) is 17.8 Å². The van der Waals surface area contributed by atoms with Gasteiger partial charge < -0.3 is 20.4 Å². The molecular formula is C24H35IN6O. The Labute approximate surface area is 208 Å². The van der Waals surface area contributed by atoms with Crippen molar-refractivity contribution < 1.29 is 4.79 Å².